The number of hydrogen-bond donors (Lipinski definition) is 2. The second-order valence-electron chi connectivity index (χ2n) is 9.13. The minimum atomic E-state index is -1.20. The van der Waals surface area contributed by atoms with Crippen molar-refractivity contribution in [2.75, 3.05) is 25.6 Å². The first kappa shape index (κ1) is 26.6. The van der Waals surface area contributed by atoms with E-state index in [1.807, 2.05) is 13.8 Å². The van der Waals surface area contributed by atoms with Crippen molar-refractivity contribution >= 4 is 39.3 Å². The van der Waals surface area contributed by atoms with E-state index in [9.17, 15) is 8.78 Å². The van der Waals surface area contributed by atoms with Gasteiger partial charge in [0.1, 0.15) is 17.9 Å². The quantitative estimate of drug-likeness (QED) is 0.410. The molecule has 2 aromatic heterocycles. The van der Waals surface area contributed by atoms with E-state index in [-0.39, 0.29) is 51.4 Å². The van der Waals surface area contributed by atoms with Crippen molar-refractivity contribution in [1.29, 1.82) is 0 Å². The fraction of sp³-hybridized carbons (Fsp3) is 0.346. The van der Waals surface area contributed by atoms with Crippen LogP contribution in [0, 0.1) is 35.7 Å². The summed E-state index contributed by atoms with van der Waals surface area (Å²) in [5, 5.41) is 3.31. The van der Waals surface area contributed by atoms with Crippen LogP contribution in [0.25, 0.3) is 10.9 Å². The zero-order chi connectivity index (χ0) is 27.0. The molecule has 0 fully saturated rings. The second-order valence-corrected chi connectivity index (χ2v) is 10.7. The molecule has 0 amide bonds. The van der Waals surface area contributed by atoms with Gasteiger partial charge in [0.15, 0.2) is 28.4 Å². The number of nitrogens with two attached hydrogens (primary N) is 1. The van der Waals surface area contributed by atoms with E-state index < -0.39 is 27.7 Å². The van der Waals surface area contributed by atoms with Crippen LogP contribution in [0.4, 0.5) is 24.7 Å². The van der Waals surface area contributed by atoms with Crippen LogP contribution in [0.3, 0.4) is 0 Å². The number of ether oxygens (including phenoxy) is 2. The highest BCUT2D eigenvalue weighted by atomic mass is 32.2. The molecule has 1 aliphatic heterocycles. The third-order valence-electron chi connectivity index (χ3n) is 6.68. The van der Waals surface area contributed by atoms with Gasteiger partial charge in [0.05, 0.1) is 24.5 Å². The Bertz CT molecular complexity index is 1430. The summed E-state index contributed by atoms with van der Waals surface area (Å²) >= 11 is 1.34. The Balaban J connectivity index is 1.78. The number of pyridine rings is 2. The highest BCUT2D eigenvalue weighted by Crippen LogP contribution is 2.51. The highest BCUT2D eigenvalue weighted by Gasteiger charge is 2.50. The number of amidine groups is 1. The molecule has 0 spiro atoms. The van der Waals surface area contributed by atoms with Crippen LogP contribution in [0.2, 0.25) is 0 Å². The summed E-state index contributed by atoms with van der Waals surface area (Å²) in [5.74, 6) is -0.300. The van der Waals surface area contributed by atoms with Gasteiger partial charge < -0.3 is 20.5 Å². The van der Waals surface area contributed by atoms with E-state index in [2.05, 4.69) is 26.2 Å². The van der Waals surface area contributed by atoms with Gasteiger partial charge in [0, 0.05) is 40.5 Å². The van der Waals surface area contributed by atoms with Gasteiger partial charge in [0.25, 0.3) is 0 Å². The molecule has 3 heterocycles. The number of rotatable bonds is 7. The predicted molar refractivity (Wildman–Crippen MR) is 139 cm³/mol. The number of halogens is 3. The largest absolute Gasteiger partial charge is 0.479 e. The third-order valence-corrected chi connectivity index (χ3v) is 7.92. The number of nitrogens with one attached hydrogen (secondary N) is 1. The van der Waals surface area contributed by atoms with E-state index in [0.29, 0.717) is 6.61 Å². The number of hydrogen-bond acceptors (Lipinski definition) is 8. The van der Waals surface area contributed by atoms with Crippen molar-refractivity contribution in [3.63, 3.8) is 0 Å². The van der Waals surface area contributed by atoms with Crippen LogP contribution in [0.1, 0.15) is 26.3 Å². The summed E-state index contributed by atoms with van der Waals surface area (Å²) in [4.78, 5) is 12.9. The number of benzene rings is 1. The molecule has 0 saturated carbocycles. The zero-order valence-electron chi connectivity index (χ0n) is 20.7. The van der Waals surface area contributed by atoms with Gasteiger partial charge in [-0.15, -0.1) is 6.42 Å². The van der Waals surface area contributed by atoms with Crippen LogP contribution in [-0.4, -0.2) is 40.2 Å². The van der Waals surface area contributed by atoms with Crippen molar-refractivity contribution in [2.24, 2.45) is 16.6 Å². The van der Waals surface area contributed by atoms with Gasteiger partial charge in [-0.3, -0.25) is 4.99 Å². The Labute approximate surface area is 217 Å². The Kier molecular flexibility index (Phi) is 7.26. The first-order valence-electron chi connectivity index (χ1n) is 11.3. The third kappa shape index (κ3) is 4.91. The molecule has 3 atom stereocenters. The maximum Gasteiger partial charge on any atom is 0.164 e. The van der Waals surface area contributed by atoms with Crippen LogP contribution in [0.15, 0.2) is 35.6 Å². The number of terminal acetylenes is 1. The highest BCUT2D eigenvalue weighted by molar-refractivity contribution is 8.15. The Morgan fingerprint density at radius 1 is 1.16 bits per heavy atom. The maximum atomic E-state index is 15.3. The molecule has 0 bridgehead atoms. The number of fused-ring (bicyclic) bond motifs is 1. The van der Waals surface area contributed by atoms with Crippen LogP contribution < -0.4 is 15.8 Å². The summed E-state index contributed by atoms with van der Waals surface area (Å²) in [6, 6.07) is 3.89. The minimum absolute atomic E-state index is 0.00521. The molecule has 0 radical (unpaired) electrons. The van der Waals surface area contributed by atoms with Crippen molar-refractivity contribution in [3.05, 3.63) is 53.6 Å². The average molecular weight is 530 g/mol. The predicted octanol–water partition coefficient (Wildman–Crippen LogP) is 5.12. The summed E-state index contributed by atoms with van der Waals surface area (Å²) in [6.07, 6.45) is 7.58. The van der Waals surface area contributed by atoms with E-state index in [1.54, 1.807) is 14.0 Å². The molecule has 7 nitrogen and oxygen atoms in total. The molecule has 0 saturated heterocycles. The first-order valence-corrected chi connectivity index (χ1v) is 12.1. The lowest BCUT2D eigenvalue weighted by Gasteiger charge is -2.47. The summed E-state index contributed by atoms with van der Waals surface area (Å²) in [5.41, 5.74) is 5.29. The van der Waals surface area contributed by atoms with E-state index in [0.717, 1.165) is 12.3 Å². The fourth-order valence-electron chi connectivity index (χ4n) is 4.53. The number of methoxy groups -OCH3 is 1. The van der Waals surface area contributed by atoms with Gasteiger partial charge in [-0.1, -0.05) is 24.6 Å². The number of thioether (sulfide) groups is 1. The molecule has 11 heteroatoms. The topological polar surface area (TPSA) is 94.7 Å². The summed E-state index contributed by atoms with van der Waals surface area (Å²) in [7, 11) is 1.57. The minimum Gasteiger partial charge on any atom is -0.479 e. The zero-order valence-corrected chi connectivity index (χ0v) is 21.5. The lowest BCUT2D eigenvalue weighted by atomic mass is 9.74. The molecule has 1 aromatic carbocycles. The molecule has 0 aliphatic carbocycles. The SMILES string of the molecule is C#CCOc1cnc2c(Nc3cc(F)c(F)c([C@@]4(C)N=C(N)S[C@](C)(COC)[C@H]4C)c3)ncc(F)c2c1. The van der Waals surface area contributed by atoms with Crippen molar-refractivity contribution in [1.82, 2.24) is 9.97 Å². The van der Waals surface area contributed by atoms with Gasteiger partial charge in [0.2, 0.25) is 0 Å². The molecule has 1 aliphatic rings. The molecule has 3 N–H and O–H groups in total. The van der Waals surface area contributed by atoms with E-state index in [1.165, 1.54) is 30.1 Å². The average Bonchev–Trinajstić information content (AvgIpc) is 2.85. The lowest BCUT2D eigenvalue weighted by Crippen LogP contribution is -2.50. The Morgan fingerprint density at radius 3 is 2.62 bits per heavy atom. The standard InChI is InChI=1S/C26H26F3N5O2S/c1-6-7-36-16-10-17-20(28)12-32-23(22(17)31-11-16)33-15-8-18(21(29)19(27)9-15)26(4)14(2)25(3,13-35-5)37-24(30)34-26/h1,8-12,14H,7,13H2,2-5H3,(H2,30,34)(H,32,33)/t14-,25-,26+/m1/s1. The molecule has 0 unspecified atom stereocenters. The van der Waals surface area contributed by atoms with Crippen LogP contribution in [-0.2, 0) is 10.3 Å². The first-order chi connectivity index (χ1) is 17.5. The summed E-state index contributed by atoms with van der Waals surface area (Å²) in [6.45, 7) is 5.89. The van der Waals surface area contributed by atoms with Gasteiger partial charge in [-0.05, 0) is 26.0 Å². The molecule has 37 heavy (non-hydrogen) atoms. The maximum absolute atomic E-state index is 15.3. The number of nitrogens with zero attached hydrogens (tertiary/aromatic N) is 3. The second kappa shape index (κ2) is 10.1. The fourth-order valence-corrected chi connectivity index (χ4v) is 5.83. The smallest absolute Gasteiger partial charge is 0.164 e. The Morgan fingerprint density at radius 2 is 1.92 bits per heavy atom. The van der Waals surface area contributed by atoms with Gasteiger partial charge in [-0.2, -0.15) is 0 Å². The van der Waals surface area contributed by atoms with Crippen LogP contribution >= 0.6 is 11.8 Å². The number of aromatic nitrogens is 2. The number of anilines is 2. The molecule has 194 valence electrons. The molecule has 3 aromatic rings. The number of aliphatic imine (C=N–C) groups is 1. The lowest BCUT2D eigenvalue weighted by molar-refractivity contribution is 0.124. The van der Waals surface area contributed by atoms with Crippen molar-refractivity contribution in [2.45, 2.75) is 31.1 Å². The van der Waals surface area contributed by atoms with Crippen LogP contribution in [0.5, 0.6) is 5.75 Å². The monoisotopic (exact) mass is 529 g/mol. The van der Waals surface area contributed by atoms with Gasteiger partial charge in [-0.25, -0.2) is 23.1 Å². The van der Waals surface area contributed by atoms with Crippen molar-refractivity contribution in [3.8, 4) is 18.1 Å². The molecule has 4 rings (SSSR count). The summed E-state index contributed by atoms with van der Waals surface area (Å²) < 4.78 is 54.9. The Hall–Kier alpha value is -3.49. The molecular formula is C26H26F3N5O2S. The normalized spacial score (nSPS) is 23.4. The molecular weight excluding hydrogens is 503 g/mol. The van der Waals surface area contributed by atoms with Crippen molar-refractivity contribution < 1.29 is 22.6 Å². The van der Waals surface area contributed by atoms with E-state index in [4.69, 9.17) is 21.6 Å². The van der Waals surface area contributed by atoms with Gasteiger partial charge >= 0.3 is 0 Å². The van der Waals surface area contributed by atoms with E-state index >= 15 is 4.39 Å².